The van der Waals surface area contributed by atoms with Crippen LogP contribution in [0.2, 0.25) is 5.02 Å². The van der Waals surface area contributed by atoms with E-state index in [4.69, 9.17) is 11.6 Å². The number of aromatic nitrogens is 1. The van der Waals surface area contributed by atoms with Gasteiger partial charge in [0.2, 0.25) is 5.91 Å². The third-order valence-corrected chi connectivity index (χ3v) is 7.21. The lowest BCUT2D eigenvalue weighted by Crippen LogP contribution is -2.49. The number of halogens is 1. The van der Waals surface area contributed by atoms with E-state index in [1.54, 1.807) is 28.8 Å². The van der Waals surface area contributed by atoms with Gasteiger partial charge < -0.3 is 14.9 Å². The predicted molar refractivity (Wildman–Crippen MR) is 143 cm³/mol. The molecular formula is C29H28ClN3O3. The van der Waals surface area contributed by atoms with Gasteiger partial charge in [0.25, 0.3) is 5.91 Å². The van der Waals surface area contributed by atoms with Crippen LogP contribution in [0, 0.1) is 6.92 Å². The van der Waals surface area contributed by atoms with Crippen LogP contribution in [0.5, 0.6) is 0 Å². The molecular weight excluding hydrogens is 474 g/mol. The summed E-state index contributed by atoms with van der Waals surface area (Å²) >= 11 is 6.01. The summed E-state index contributed by atoms with van der Waals surface area (Å²) in [6, 6.07) is 22.6. The van der Waals surface area contributed by atoms with E-state index in [9.17, 15) is 14.7 Å². The molecule has 4 aromatic rings. The summed E-state index contributed by atoms with van der Waals surface area (Å²) in [5.74, 6) is -0.140. The molecule has 0 saturated carbocycles. The van der Waals surface area contributed by atoms with E-state index in [0.29, 0.717) is 23.7 Å². The van der Waals surface area contributed by atoms with Crippen molar-refractivity contribution >= 4 is 40.0 Å². The molecule has 3 aromatic carbocycles. The zero-order chi connectivity index (χ0) is 25.2. The van der Waals surface area contributed by atoms with E-state index in [0.717, 1.165) is 40.8 Å². The minimum Gasteiger partial charge on any atom is -0.392 e. The molecule has 0 unspecified atom stereocenters. The number of rotatable bonds is 5. The number of nitrogens with zero attached hydrogens (tertiary/aromatic N) is 3. The van der Waals surface area contributed by atoms with Gasteiger partial charge in [0, 0.05) is 53.5 Å². The molecule has 2 heterocycles. The number of amides is 1. The Hall–Kier alpha value is -3.61. The lowest BCUT2D eigenvalue weighted by atomic mass is 10.0. The number of para-hydroxylation sites is 1. The van der Waals surface area contributed by atoms with Crippen molar-refractivity contribution in [2.45, 2.75) is 20.0 Å². The zero-order valence-electron chi connectivity index (χ0n) is 20.2. The molecule has 1 saturated heterocycles. The van der Waals surface area contributed by atoms with Crippen LogP contribution in [0.3, 0.4) is 0 Å². The van der Waals surface area contributed by atoms with Crippen molar-refractivity contribution in [1.82, 2.24) is 9.47 Å². The van der Waals surface area contributed by atoms with Crippen LogP contribution in [-0.2, 0) is 17.8 Å². The molecule has 0 radical (unpaired) electrons. The van der Waals surface area contributed by atoms with Crippen LogP contribution in [0.25, 0.3) is 10.9 Å². The Morgan fingerprint density at radius 2 is 1.61 bits per heavy atom. The van der Waals surface area contributed by atoms with E-state index in [1.165, 1.54) is 5.69 Å². The summed E-state index contributed by atoms with van der Waals surface area (Å²) in [6.45, 7) is 4.62. The number of aliphatic hydroxyl groups is 1. The maximum absolute atomic E-state index is 13.5. The smallest absolute Gasteiger partial charge is 0.262 e. The number of aliphatic hydroxyl groups excluding tert-OH is 1. The minimum absolute atomic E-state index is 0.0400. The number of anilines is 1. The van der Waals surface area contributed by atoms with Gasteiger partial charge in [0.05, 0.1) is 18.5 Å². The Kier molecular flexibility index (Phi) is 6.81. The first-order chi connectivity index (χ1) is 17.5. The van der Waals surface area contributed by atoms with Gasteiger partial charge in [0.1, 0.15) is 0 Å². The van der Waals surface area contributed by atoms with Crippen molar-refractivity contribution in [2.75, 3.05) is 31.1 Å². The maximum Gasteiger partial charge on any atom is 0.262 e. The van der Waals surface area contributed by atoms with Crippen molar-refractivity contribution in [2.24, 2.45) is 0 Å². The lowest BCUT2D eigenvalue weighted by Gasteiger charge is -2.36. The molecule has 0 atom stereocenters. The number of hydrogen-bond donors (Lipinski definition) is 1. The number of piperazine rings is 1. The highest BCUT2D eigenvalue weighted by Crippen LogP contribution is 2.29. The summed E-state index contributed by atoms with van der Waals surface area (Å²) in [6.07, 6.45) is 0.198. The Bertz CT molecular complexity index is 1410. The summed E-state index contributed by atoms with van der Waals surface area (Å²) < 4.78 is 1.66. The van der Waals surface area contributed by atoms with Gasteiger partial charge in [-0.15, -0.1) is 0 Å². The van der Waals surface area contributed by atoms with Gasteiger partial charge >= 0.3 is 0 Å². The van der Waals surface area contributed by atoms with Crippen LogP contribution >= 0.6 is 11.6 Å². The Morgan fingerprint density at radius 1 is 0.917 bits per heavy atom. The van der Waals surface area contributed by atoms with Crippen LogP contribution in [0.15, 0.2) is 72.8 Å². The molecule has 1 fully saturated rings. The molecule has 6 nitrogen and oxygen atoms in total. The Morgan fingerprint density at radius 3 is 2.28 bits per heavy atom. The highest BCUT2D eigenvalue weighted by molar-refractivity contribution is 6.30. The first kappa shape index (κ1) is 24.1. The fourth-order valence-corrected chi connectivity index (χ4v) is 5.08. The standard InChI is InChI=1S/C29H28ClN3O3/c1-20-25(18-28(35)32-15-13-31(14-16-32)24-5-3-2-4-6-24)26-17-21(19-34)7-12-27(26)33(20)29(36)22-8-10-23(30)11-9-22/h2-12,17,34H,13-16,18-19H2,1H3. The highest BCUT2D eigenvalue weighted by atomic mass is 35.5. The third-order valence-electron chi connectivity index (χ3n) is 6.96. The number of carbonyl (C=O) groups excluding carboxylic acids is 2. The molecule has 7 heteroatoms. The van der Waals surface area contributed by atoms with E-state index < -0.39 is 0 Å². The molecule has 0 spiro atoms. The zero-order valence-corrected chi connectivity index (χ0v) is 20.9. The summed E-state index contributed by atoms with van der Waals surface area (Å²) in [5.41, 5.74) is 4.70. The fourth-order valence-electron chi connectivity index (χ4n) is 4.95. The molecule has 1 N–H and O–H groups in total. The molecule has 36 heavy (non-hydrogen) atoms. The number of fused-ring (bicyclic) bond motifs is 1. The third kappa shape index (κ3) is 4.62. The molecule has 5 rings (SSSR count). The van der Waals surface area contributed by atoms with Crippen LogP contribution < -0.4 is 4.90 Å². The first-order valence-electron chi connectivity index (χ1n) is 12.1. The first-order valence-corrected chi connectivity index (χ1v) is 12.5. The van der Waals surface area contributed by atoms with E-state index in [1.807, 2.05) is 48.2 Å². The van der Waals surface area contributed by atoms with E-state index in [2.05, 4.69) is 17.0 Å². The highest BCUT2D eigenvalue weighted by Gasteiger charge is 2.26. The normalized spacial score (nSPS) is 13.9. The van der Waals surface area contributed by atoms with Crippen molar-refractivity contribution < 1.29 is 14.7 Å². The van der Waals surface area contributed by atoms with Gasteiger partial charge in [-0.05, 0) is 66.6 Å². The number of benzene rings is 3. The van der Waals surface area contributed by atoms with Gasteiger partial charge in [-0.25, -0.2) is 0 Å². The van der Waals surface area contributed by atoms with Crippen LogP contribution in [-0.4, -0.2) is 52.6 Å². The summed E-state index contributed by atoms with van der Waals surface area (Å²) in [5, 5.41) is 11.1. The predicted octanol–water partition coefficient (Wildman–Crippen LogP) is 4.68. The average molecular weight is 502 g/mol. The topological polar surface area (TPSA) is 65.8 Å². The molecule has 1 amide bonds. The van der Waals surface area contributed by atoms with Crippen LogP contribution in [0.4, 0.5) is 5.69 Å². The van der Waals surface area contributed by atoms with Gasteiger partial charge in [-0.2, -0.15) is 0 Å². The van der Waals surface area contributed by atoms with Crippen molar-refractivity contribution in [3.63, 3.8) is 0 Å². The second-order valence-corrected chi connectivity index (χ2v) is 9.54. The van der Waals surface area contributed by atoms with Crippen molar-refractivity contribution in [1.29, 1.82) is 0 Å². The molecule has 184 valence electrons. The van der Waals surface area contributed by atoms with Crippen molar-refractivity contribution in [3.8, 4) is 0 Å². The quantitative estimate of drug-likeness (QED) is 0.431. The van der Waals surface area contributed by atoms with E-state index >= 15 is 0 Å². The molecule has 0 aliphatic carbocycles. The van der Waals surface area contributed by atoms with E-state index in [-0.39, 0.29) is 24.8 Å². The second-order valence-electron chi connectivity index (χ2n) is 9.10. The molecule has 1 aliphatic heterocycles. The summed E-state index contributed by atoms with van der Waals surface area (Å²) in [4.78, 5) is 31.1. The minimum atomic E-state index is -0.180. The summed E-state index contributed by atoms with van der Waals surface area (Å²) in [7, 11) is 0. The van der Waals surface area contributed by atoms with Gasteiger partial charge in [0.15, 0.2) is 0 Å². The van der Waals surface area contributed by atoms with Crippen molar-refractivity contribution in [3.05, 3.63) is 100 Å². The number of hydrogen-bond acceptors (Lipinski definition) is 4. The molecule has 1 aliphatic rings. The van der Waals surface area contributed by atoms with Gasteiger partial charge in [-0.1, -0.05) is 35.9 Å². The molecule has 0 bridgehead atoms. The maximum atomic E-state index is 13.5. The largest absolute Gasteiger partial charge is 0.392 e. The van der Waals surface area contributed by atoms with Crippen LogP contribution in [0.1, 0.15) is 27.2 Å². The second kappa shape index (κ2) is 10.2. The lowest BCUT2D eigenvalue weighted by molar-refractivity contribution is -0.130. The Labute approximate surface area is 215 Å². The van der Waals surface area contributed by atoms with Gasteiger partial charge in [-0.3, -0.25) is 14.2 Å². The molecule has 1 aromatic heterocycles. The Balaban J connectivity index is 1.42. The number of carbonyl (C=O) groups is 2. The monoisotopic (exact) mass is 501 g/mol. The SMILES string of the molecule is Cc1c(CC(=O)N2CCN(c3ccccc3)CC2)c2cc(CO)ccc2n1C(=O)c1ccc(Cl)cc1. The average Bonchev–Trinajstić information content (AvgIpc) is 3.19. The fraction of sp³-hybridized carbons (Fsp3) is 0.241.